The van der Waals surface area contributed by atoms with Crippen LogP contribution in [0.4, 0.5) is 5.69 Å². The molecule has 0 fully saturated rings. The number of nitrogens with one attached hydrogen (secondary N) is 1. The molecule has 1 rings (SSSR count). The third kappa shape index (κ3) is 5.18. The number of carbonyl (C=O) groups excluding carboxylic acids is 1. The number of benzene rings is 1. The predicted molar refractivity (Wildman–Crippen MR) is 78.8 cm³/mol. The predicted octanol–water partition coefficient (Wildman–Crippen LogP) is 2.31. The van der Waals surface area contributed by atoms with Gasteiger partial charge in [0.1, 0.15) is 0 Å². The third-order valence-corrected chi connectivity index (χ3v) is 3.80. The van der Waals surface area contributed by atoms with Gasteiger partial charge in [0, 0.05) is 21.1 Å². The number of halogens is 1. The summed E-state index contributed by atoms with van der Waals surface area (Å²) < 4.78 is 1.11. The van der Waals surface area contributed by atoms with E-state index in [-0.39, 0.29) is 5.91 Å². The largest absolute Gasteiger partial charge is 0.329 e. The minimum atomic E-state index is 0.0206. The lowest BCUT2D eigenvalue weighted by Gasteiger charge is -2.08. The lowest BCUT2D eigenvalue weighted by molar-refractivity contribution is -0.113. The van der Waals surface area contributed by atoms with Gasteiger partial charge in [-0.3, -0.25) is 4.79 Å². The first-order valence-corrected chi connectivity index (χ1v) is 7.11. The number of nitrogens with two attached hydrogens (primary N) is 1. The van der Waals surface area contributed by atoms with Crippen LogP contribution in [-0.4, -0.2) is 23.5 Å². The second-order valence-electron chi connectivity index (χ2n) is 3.42. The summed E-state index contributed by atoms with van der Waals surface area (Å²) in [6.45, 7) is 2.62. The highest BCUT2D eigenvalue weighted by atomic mass is 127. The molecule has 1 amide bonds. The highest BCUT2D eigenvalue weighted by Crippen LogP contribution is 2.14. The van der Waals surface area contributed by atoms with E-state index in [1.807, 2.05) is 31.2 Å². The molecule has 1 unspecified atom stereocenters. The molecule has 3 nitrogen and oxygen atoms in total. The van der Waals surface area contributed by atoms with E-state index < -0.39 is 0 Å². The Bertz CT molecular complexity index is 360. The Labute approximate surface area is 114 Å². The van der Waals surface area contributed by atoms with Crippen molar-refractivity contribution in [1.82, 2.24) is 0 Å². The molecule has 88 valence electrons. The van der Waals surface area contributed by atoms with Gasteiger partial charge in [0.2, 0.25) is 5.91 Å². The molecule has 0 spiro atoms. The molecule has 3 N–H and O–H groups in total. The Morgan fingerprint density at radius 2 is 2.38 bits per heavy atom. The third-order valence-electron chi connectivity index (χ3n) is 1.94. The van der Waals surface area contributed by atoms with Crippen LogP contribution in [0.25, 0.3) is 0 Å². The van der Waals surface area contributed by atoms with E-state index in [1.165, 1.54) is 0 Å². The van der Waals surface area contributed by atoms with Gasteiger partial charge in [-0.1, -0.05) is 13.0 Å². The summed E-state index contributed by atoms with van der Waals surface area (Å²) in [6, 6.07) is 7.74. The minimum absolute atomic E-state index is 0.0206. The van der Waals surface area contributed by atoms with Crippen LogP contribution in [0.2, 0.25) is 0 Å². The molecule has 0 saturated heterocycles. The van der Waals surface area contributed by atoms with Gasteiger partial charge in [-0.15, -0.1) is 11.8 Å². The molecule has 0 bridgehead atoms. The minimum Gasteiger partial charge on any atom is -0.329 e. The van der Waals surface area contributed by atoms with E-state index in [0.29, 0.717) is 17.5 Å². The van der Waals surface area contributed by atoms with Crippen LogP contribution in [0, 0.1) is 3.57 Å². The fourth-order valence-corrected chi connectivity index (χ4v) is 2.24. The van der Waals surface area contributed by atoms with Crippen molar-refractivity contribution < 1.29 is 4.79 Å². The maximum Gasteiger partial charge on any atom is 0.234 e. The Kier molecular flexibility index (Phi) is 6.15. The number of hydrogen-bond acceptors (Lipinski definition) is 3. The van der Waals surface area contributed by atoms with Gasteiger partial charge in [0.25, 0.3) is 0 Å². The van der Waals surface area contributed by atoms with Crippen molar-refractivity contribution in [3.63, 3.8) is 0 Å². The van der Waals surface area contributed by atoms with Gasteiger partial charge in [-0.25, -0.2) is 0 Å². The summed E-state index contributed by atoms with van der Waals surface area (Å²) in [5.41, 5.74) is 6.32. The van der Waals surface area contributed by atoms with Crippen molar-refractivity contribution in [2.45, 2.75) is 12.2 Å². The van der Waals surface area contributed by atoms with Crippen LogP contribution >= 0.6 is 34.4 Å². The van der Waals surface area contributed by atoms with E-state index >= 15 is 0 Å². The van der Waals surface area contributed by atoms with Gasteiger partial charge < -0.3 is 11.1 Å². The lowest BCUT2D eigenvalue weighted by atomic mass is 10.3. The summed E-state index contributed by atoms with van der Waals surface area (Å²) in [6.07, 6.45) is 0. The Balaban J connectivity index is 2.40. The fraction of sp³-hybridized carbons (Fsp3) is 0.364. The molecule has 0 heterocycles. The molecular formula is C11H15IN2OS. The average molecular weight is 350 g/mol. The molecule has 1 aromatic rings. The number of amides is 1. The number of thioether (sulfide) groups is 1. The molecule has 0 aromatic heterocycles. The van der Waals surface area contributed by atoms with Gasteiger partial charge in [-0.2, -0.15) is 0 Å². The summed E-state index contributed by atoms with van der Waals surface area (Å²) >= 11 is 3.79. The smallest absolute Gasteiger partial charge is 0.234 e. The summed E-state index contributed by atoms with van der Waals surface area (Å²) in [7, 11) is 0. The normalized spacial score (nSPS) is 12.2. The van der Waals surface area contributed by atoms with Gasteiger partial charge in [-0.05, 0) is 40.8 Å². The summed E-state index contributed by atoms with van der Waals surface area (Å²) in [4.78, 5) is 11.6. The molecule has 5 heteroatoms. The van der Waals surface area contributed by atoms with Crippen LogP contribution in [0.3, 0.4) is 0 Å². The van der Waals surface area contributed by atoms with Crippen LogP contribution in [0.1, 0.15) is 6.92 Å². The maximum atomic E-state index is 11.6. The van der Waals surface area contributed by atoms with Gasteiger partial charge >= 0.3 is 0 Å². The number of hydrogen-bond donors (Lipinski definition) is 2. The number of rotatable bonds is 5. The van der Waals surface area contributed by atoms with E-state index in [0.717, 1.165) is 9.26 Å². The molecule has 0 aliphatic rings. The van der Waals surface area contributed by atoms with Gasteiger partial charge in [0.05, 0.1) is 5.75 Å². The van der Waals surface area contributed by atoms with E-state index in [9.17, 15) is 4.79 Å². The Morgan fingerprint density at radius 3 is 3.00 bits per heavy atom. The molecule has 0 aliphatic carbocycles. The zero-order chi connectivity index (χ0) is 12.0. The first-order chi connectivity index (χ1) is 7.61. The summed E-state index contributed by atoms with van der Waals surface area (Å²) in [5, 5.41) is 3.18. The van der Waals surface area contributed by atoms with Crippen molar-refractivity contribution in [3.05, 3.63) is 27.8 Å². The van der Waals surface area contributed by atoms with Crippen LogP contribution in [-0.2, 0) is 4.79 Å². The standard InChI is InChI=1S/C11H15IN2OS/c1-8(6-13)16-7-11(15)14-10-4-2-3-9(12)5-10/h2-5,8H,6-7,13H2,1H3,(H,14,15). The van der Waals surface area contributed by atoms with Crippen LogP contribution in [0.15, 0.2) is 24.3 Å². The first-order valence-electron chi connectivity index (χ1n) is 4.99. The second kappa shape index (κ2) is 7.13. The highest BCUT2D eigenvalue weighted by Gasteiger charge is 2.06. The Morgan fingerprint density at radius 1 is 1.62 bits per heavy atom. The molecular weight excluding hydrogens is 335 g/mol. The second-order valence-corrected chi connectivity index (χ2v) is 6.09. The quantitative estimate of drug-likeness (QED) is 0.802. The molecule has 0 saturated carbocycles. The van der Waals surface area contributed by atoms with E-state index in [4.69, 9.17) is 5.73 Å². The van der Waals surface area contributed by atoms with Crippen molar-refractivity contribution in [2.75, 3.05) is 17.6 Å². The van der Waals surface area contributed by atoms with Crippen molar-refractivity contribution >= 4 is 45.9 Å². The van der Waals surface area contributed by atoms with Crippen LogP contribution in [0.5, 0.6) is 0 Å². The van der Waals surface area contributed by atoms with Crippen LogP contribution < -0.4 is 11.1 Å². The summed E-state index contributed by atoms with van der Waals surface area (Å²) in [5.74, 6) is 0.469. The zero-order valence-electron chi connectivity index (χ0n) is 9.07. The van der Waals surface area contributed by atoms with E-state index in [1.54, 1.807) is 11.8 Å². The molecule has 0 aliphatic heterocycles. The maximum absolute atomic E-state index is 11.6. The van der Waals surface area contributed by atoms with Crippen molar-refractivity contribution in [1.29, 1.82) is 0 Å². The average Bonchev–Trinajstić information content (AvgIpc) is 2.26. The lowest BCUT2D eigenvalue weighted by Crippen LogP contribution is -2.19. The van der Waals surface area contributed by atoms with Crippen molar-refractivity contribution in [3.8, 4) is 0 Å². The highest BCUT2D eigenvalue weighted by molar-refractivity contribution is 14.1. The monoisotopic (exact) mass is 350 g/mol. The number of anilines is 1. The molecule has 1 aromatic carbocycles. The molecule has 0 radical (unpaired) electrons. The first kappa shape index (κ1) is 13.8. The SMILES string of the molecule is CC(CN)SCC(=O)Nc1cccc(I)c1. The Hall–Kier alpha value is -0.270. The fourth-order valence-electron chi connectivity index (χ4n) is 1.05. The number of carbonyl (C=O) groups is 1. The molecule has 16 heavy (non-hydrogen) atoms. The molecule has 1 atom stereocenters. The van der Waals surface area contributed by atoms with E-state index in [2.05, 4.69) is 27.9 Å². The topological polar surface area (TPSA) is 55.1 Å². The van der Waals surface area contributed by atoms with Gasteiger partial charge in [0.15, 0.2) is 0 Å². The zero-order valence-corrected chi connectivity index (χ0v) is 12.0. The van der Waals surface area contributed by atoms with Crippen molar-refractivity contribution in [2.24, 2.45) is 5.73 Å².